The molecule has 3 rings (SSSR count). The standard InChI is InChI=1S/C22H33N5O2/c28-16-17-10-11-20(25-14-17)19-15-26-22-24-13-6-3-1-2-4-8-18(29)9-5-7-12-23-21(19)27-22/h10-11,14-15,18,28-29H,1-9,12-13,16H2,(H2,23,24,26,27). The number of aromatic nitrogens is 3. The molecule has 0 saturated heterocycles. The summed E-state index contributed by atoms with van der Waals surface area (Å²) in [6.07, 6.45) is 12.8. The van der Waals surface area contributed by atoms with E-state index in [1.807, 2.05) is 12.1 Å². The van der Waals surface area contributed by atoms with Crippen molar-refractivity contribution in [2.45, 2.75) is 70.5 Å². The highest BCUT2D eigenvalue weighted by Crippen LogP contribution is 2.25. The molecule has 0 fully saturated rings. The Balaban J connectivity index is 1.73. The van der Waals surface area contributed by atoms with Crippen molar-refractivity contribution in [3.63, 3.8) is 0 Å². The zero-order valence-corrected chi connectivity index (χ0v) is 17.1. The van der Waals surface area contributed by atoms with Crippen LogP contribution >= 0.6 is 0 Å². The number of pyridine rings is 1. The number of anilines is 2. The molecule has 0 aromatic carbocycles. The molecule has 4 N–H and O–H groups in total. The number of aliphatic hydroxyl groups is 2. The minimum atomic E-state index is -0.178. The molecule has 1 unspecified atom stereocenters. The van der Waals surface area contributed by atoms with Crippen molar-refractivity contribution in [1.82, 2.24) is 15.0 Å². The Hall–Kier alpha value is -2.25. The van der Waals surface area contributed by atoms with Crippen molar-refractivity contribution in [1.29, 1.82) is 0 Å². The third-order valence-corrected chi connectivity index (χ3v) is 5.33. The lowest BCUT2D eigenvalue weighted by molar-refractivity contribution is 0.148. The largest absolute Gasteiger partial charge is 0.393 e. The molecule has 1 atom stereocenters. The molecule has 2 aromatic heterocycles. The maximum Gasteiger partial charge on any atom is 0.224 e. The lowest BCUT2D eigenvalue weighted by Gasteiger charge is -2.13. The van der Waals surface area contributed by atoms with Crippen molar-refractivity contribution in [2.75, 3.05) is 23.7 Å². The topological polar surface area (TPSA) is 103 Å². The Kier molecular flexibility index (Phi) is 8.64. The van der Waals surface area contributed by atoms with Crippen LogP contribution in [-0.2, 0) is 6.61 Å². The van der Waals surface area contributed by atoms with E-state index < -0.39 is 0 Å². The molecule has 1 aliphatic rings. The number of hydrogen-bond acceptors (Lipinski definition) is 7. The van der Waals surface area contributed by atoms with E-state index in [-0.39, 0.29) is 12.7 Å². The third-order valence-electron chi connectivity index (χ3n) is 5.33. The molecular weight excluding hydrogens is 366 g/mol. The van der Waals surface area contributed by atoms with Crippen molar-refractivity contribution in [3.8, 4) is 11.3 Å². The van der Waals surface area contributed by atoms with Gasteiger partial charge in [-0.05, 0) is 43.7 Å². The number of nitrogens with zero attached hydrogens (tertiary/aromatic N) is 3. The van der Waals surface area contributed by atoms with Crippen LogP contribution < -0.4 is 10.6 Å². The molecule has 0 saturated carbocycles. The predicted octanol–water partition coefficient (Wildman–Crippen LogP) is 3.74. The number of rotatable bonds is 2. The second-order valence-corrected chi connectivity index (χ2v) is 7.73. The van der Waals surface area contributed by atoms with Crippen LogP contribution in [0.15, 0.2) is 24.5 Å². The first-order valence-corrected chi connectivity index (χ1v) is 10.9. The highest BCUT2D eigenvalue weighted by atomic mass is 16.3. The molecule has 2 bridgehead atoms. The van der Waals surface area contributed by atoms with Crippen molar-refractivity contribution >= 4 is 11.8 Å². The van der Waals surface area contributed by atoms with Crippen LogP contribution in [0.2, 0.25) is 0 Å². The Bertz CT molecular complexity index is 738. The molecule has 0 spiro atoms. The number of nitrogens with one attached hydrogen (secondary N) is 2. The molecule has 29 heavy (non-hydrogen) atoms. The molecule has 158 valence electrons. The van der Waals surface area contributed by atoms with Gasteiger partial charge in [0, 0.05) is 25.5 Å². The zero-order chi connectivity index (χ0) is 20.3. The average molecular weight is 400 g/mol. The van der Waals surface area contributed by atoms with Crippen LogP contribution in [0.1, 0.15) is 63.4 Å². The first-order valence-electron chi connectivity index (χ1n) is 10.9. The molecule has 7 nitrogen and oxygen atoms in total. The number of aliphatic hydroxyl groups excluding tert-OH is 2. The van der Waals surface area contributed by atoms with Gasteiger partial charge in [0.25, 0.3) is 0 Å². The Morgan fingerprint density at radius 3 is 2.38 bits per heavy atom. The van der Waals surface area contributed by atoms with Gasteiger partial charge in [-0.2, -0.15) is 4.98 Å². The van der Waals surface area contributed by atoms with Gasteiger partial charge in [0.1, 0.15) is 5.82 Å². The number of hydrogen-bond donors (Lipinski definition) is 4. The molecule has 0 amide bonds. The Morgan fingerprint density at radius 1 is 0.862 bits per heavy atom. The molecule has 0 aliphatic carbocycles. The van der Waals surface area contributed by atoms with Crippen molar-refractivity contribution in [2.24, 2.45) is 0 Å². The van der Waals surface area contributed by atoms with E-state index in [9.17, 15) is 10.2 Å². The van der Waals surface area contributed by atoms with Gasteiger partial charge in [-0.3, -0.25) is 4.98 Å². The average Bonchev–Trinajstić information content (AvgIpc) is 2.75. The summed E-state index contributed by atoms with van der Waals surface area (Å²) < 4.78 is 0. The molecule has 7 heteroatoms. The summed E-state index contributed by atoms with van der Waals surface area (Å²) in [6.45, 7) is 1.61. The lowest BCUT2D eigenvalue weighted by atomic mass is 10.0. The van der Waals surface area contributed by atoms with Gasteiger partial charge in [-0.25, -0.2) is 4.98 Å². The second-order valence-electron chi connectivity index (χ2n) is 7.73. The molecule has 3 heterocycles. The summed E-state index contributed by atoms with van der Waals surface area (Å²) in [5.41, 5.74) is 2.40. The minimum absolute atomic E-state index is 0.0242. The van der Waals surface area contributed by atoms with Gasteiger partial charge in [0.2, 0.25) is 5.95 Å². The van der Waals surface area contributed by atoms with Crippen molar-refractivity contribution in [3.05, 3.63) is 30.1 Å². The van der Waals surface area contributed by atoms with E-state index in [4.69, 9.17) is 0 Å². The molecule has 1 aliphatic heterocycles. The molecule has 0 radical (unpaired) electrons. The summed E-state index contributed by atoms with van der Waals surface area (Å²) in [5.74, 6) is 1.39. The minimum Gasteiger partial charge on any atom is -0.393 e. The van der Waals surface area contributed by atoms with E-state index in [1.54, 1.807) is 12.4 Å². The van der Waals surface area contributed by atoms with Gasteiger partial charge in [-0.1, -0.05) is 31.7 Å². The van der Waals surface area contributed by atoms with E-state index >= 15 is 0 Å². The quantitative estimate of drug-likeness (QED) is 0.610. The summed E-state index contributed by atoms with van der Waals surface area (Å²) in [4.78, 5) is 13.6. The van der Waals surface area contributed by atoms with Gasteiger partial charge in [-0.15, -0.1) is 0 Å². The summed E-state index contributed by atoms with van der Waals surface area (Å²) in [5, 5.41) is 26.1. The van der Waals surface area contributed by atoms with Crippen LogP contribution in [-0.4, -0.2) is 44.4 Å². The lowest BCUT2D eigenvalue weighted by Crippen LogP contribution is -2.11. The first-order chi connectivity index (χ1) is 14.3. The second kappa shape index (κ2) is 11.7. The smallest absolute Gasteiger partial charge is 0.224 e. The molecular formula is C22H33N5O2. The predicted molar refractivity (Wildman–Crippen MR) is 116 cm³/mol. The highest BCUT2D eigenvalue weighted by Gasteiger charge is 2.11. The normalized spacial score (nSPS) is 19.6. The Morgan fingerprint density at radius 2 is 1.59 bits per heavy atom. The summed E-state index contributed by atoms with van der Waals surface area (Å²) in [7, 11) is 0. The van der Waals surface area contributed by atoms with Crippen LogP contribution in [0, 0.1) is 0 Å². The highest BCUT2D eigenvalue weighted by molar-refractivity contribution is 5.72. The van der Waals surface area contributed by atoms with E-state index in [0.717, 1.165) is 74.3 Å². The van der Waals surface area contributed by atoms with Gasteiger partial charge in [0.05, 0.1) is 24.0 Å². The fourth-order valence-corrected chi connectivity index (χ4v) is 3.56. The summed E-state index contributed by atoms with van der Waals surface area (Å²) >= 11 is 0. The maximum atomic E-state index is 10.1. The fourth-order valence-electron chi connectivity index (χ4n) is 3.56. The SMILES string of the molecule is OCc1ccc(-c2cnc3nc2NCCCCC(O)CCCCCCCN3)nc1. The van der Waals surface area contributed by atoms with Crippen LogP contribution in [0.3, 0.4) is 0 Å². The first kappa shape index (κ1) is 21.5. The van der Waals surface area contributed by atoms with Gasteiger partial charge < -0.3 is 20.8 Å². The monoisotopic (exact) mass is 399 g/mol. The van der Waals surface area contributed by atoms with Gasteiger partial charge >= 0.3 is 0 Å². The third kappa shape index (κ3) is 6.94. The number of fused-ring (bicyclic) bond motifs is 2. The summed E-state index contributed by atoms with van der Waals surface area (Å²) in [6, 6.07) is 3.75. The van der Waals surface area contributed by atoms with Crippen LogP contribution in [0.4, 0.5) is 11.8 Å². The fraction of sp³-hybridized carbons (Fsp3) is 0.591. The van der Waals surface area contributed by atoms with Gasteiger partial charge in [0.15, 0.2) is 0 Å². The Labute approximate surface area is 173 Å². The van der Waals surface area contributed by atoms with E-state index in [2.05, 4.69) is 25.6 Å². The maximum absolute atomic E-state index is 10.1. The van der Waals surface area contributed by atoms with Crippen LogP contribution in [0.25, 0.3) is 11.3 Å². The zero-order valence-electron chi connectivity index (χ0n) is 17.1. The molecule has 2 aromatic rings. The van der Waals surface area contributed by atoms with E-state index in [0.29, 0.717) is 5.95 Å². The van der Waals surface area contributed by atoms with Crippen LogP contribution in [0.5, 0.6) is 0 Å². The van der Waals surface area contributed by atoms with E-state index in [1.165, 1.54) is 19.3 Å². The van der Waals surface area contributed by atoms with Crippen molar-refractivity contribution < 1.29 is 10.2 Å².